The van der Waals surface area contributed by atoms with Gasteiger partial charge in [0.15, 0.2) is 0 Å². The van der Waals surface area contributed by atoms with Crippen LogP contribution in [-0.4, -0.2) is 45.3 Å². The van der Waals surface area contributed by atoms with E-state index in [0.29, 0.717) is 45.0 Å². The Kier molecular flexibility index (Phi) is 16.1. The van der Waals surface area contributed by atoms with Gasteiger partial charge in [0.2, 0.25) is 0 Å². The molecule has 8 heteroatoms. The average Bonchev–Trinajstić information content (AvgIpc) is 3.21. The van der Waals surface area contributed by atoms with Crippen LogP contribution in [0.3, 0.4) is 0 Å². The van der Waals surface area contributed by atoms with Crippen molar-refractivity contribution in [2.45, 2.75) is 209 Å². The molecule has 0 aromatic heterocycles. The van der Waals surface area contributed by atoms with Gasteiger partial charge >= 0.3 is 0 Å². The third-order valence-corrected chi connectivity index (χ3v) is 13.7. The highest BCUT2D eigenvalue weighted by Gasteiger charge is 2.29. The monoisotopic (exact) mass is 1000 g/mol. The van der Waals surface area contributed by atoms with Gasteiger partial charge in [0.05, 0.1) is 22.7 Å². The number of phenolic OH excluding ortho intramolecular Hbond substituents is 4. The van der Waals surface area contributed by atoms with Gasteiger partial charge in [-0.15, -0.1) is 0 Å². The smallest absolute Gasteiger partial charge is 0.128 e. The van der Waals surface area contributed by atoms with Gasteiger partial charge in [-0.2, -0.15) is 0 Å². The molecule has 0 saturated heterocycles. The Morgan fingerprint density at radius 3 is 0.541 bits per heavy atom. The van der Waals surface area contributed by atoms with E-state index in [2.05, 4.69) is 190 Å². The molecular weight excluding hydrogens is 913 g/mol. The SMILES string of the molecule is CC(C)(C)c1cc(C=Nc2cc(N=Cc3cc(C(C)(C)C)cc(C(C)(C)C)c3O)c(N=Cc3cc(C(C)(C)C)cc(C(C)(C)C)c3O)cc2N=Cc2cc(C(C)(C)C)cc(C(C)(C)C)c2O)c(O)c(C(C)(C)C)c1. The van der Waals surface area contributed by atoms with Crippen LogP contribution in [0.4, 0.5) is 22.7 Å². The van der Waals surface area contributed by atoms with Gasteiger partial charge in [-0.3, -0.25) is 20.0 Å². The third kappa shape index (κ3) is 13.8. The van der Waals surface area contributed by atoms with Crippen molar-refractivity contribution < 1.29 is 20.4 Å². The molecule has 0 fully saturated rings. The summed E-state index contributed by atoms with van der Waals surface area (Å²) < 4.78 is 0. The summed E-state index contributed by atoms with van der Waals surface area (Å²) in [5, 5.41) is 47.7. The van der Waals surface area contributed by atoms with E-state index in [0.717, 1.165) is 44.5 Å². The summed E-state index contributed by atoms with van der Waals surface area (Å²) in [7, 11) is 0. The Bertz CT molecular complexity index is 2630. The highest BCUT2D eigenvalue weighted by Crippen LogP contribution is 2.45. The minimum Gasteiger partial charge on any atom is -0.507 e. The third-order valence-electron chi connectivity index (χ3n) is 13.7. The number of benzene rings is 5. The van der Waals surface area contributed by atoms with Crippen LogP contribution >= 0.6 is 0 Å². The summed E-state index contributed by atoms with van der Waals surface area (Å²) in [5.41, 5.74) is 9.00. The normalized spacial score (nSPS) is 13.9. The van der Waals surface area contributed by atoms with Crippen molar-refractivity contribution in [3.8, 4) is 23.0 Å². The van der Waals surface area contributed by atoms with Crippen LogP contribution in [0.25, 0.3) is 0 Å². The topological polar surface area (TPSA) is 130 Å². The van der Waals surface area contributed by atoms with E-state index in [1.807, 2.05) is 36.4 Å². The molecule has 0 radical (unpaired) electrons. The molecular formula is C66H90N4O4. The largest absolute Gasteiger partial charge is 0.507 e. The maximum Gasteiger partial charge on any atom is 0.128 e. The number of nitrogens with zero attached hydrogens (tertiary/aromatic N) is 4. The fourth-order valence-electron chi connectivity index (χ4n) is 8.56. The molecule has 0 saturated carbocycles. The molecule has 0 aliphatic carbocycles. The van der Waals surface area contributed by atoms with Crippen LogP contribution in [-0.2, 0) is 43.3 Å². The standard InChI is InChI=1S/C66H90N4O4/c1-59(2,3)43-25-39(55(71)47(29-43)63(13,14)15)35-67-51-33-53(69-37-41-27-45(61(7,8)9)31-49(57(41)73)65(19,20)21)54(70-38-42-28-46(62(10,11)12)32-50(58(42)74)66(22,23)24)34-52(51)68-36-40-26-44(60(4,5)6)30-48(56(40)72)64(16,17)18/h25-38,71-74H,1-24H3. The van der Waals surface area contributed by atoms with Crippen molar-refractivity contribution in [2.24, 2.45) is 20.0 Å². The lowest BCUT2D eigenvalue weighted by Gasteiger charge is -2.27. The number of aromatic hydroxyl groups is 4. The van der Waals surface area contributed by atoms with Gasteiger partial charge < -0.3 is 20.4 Å². The van der Waals surface area contributed by atoms with Crippen LogP contribution in [0, 0.1) is 0 Å². The lowest BCUT2D eigenvalue weighted by molar-refractivity contribution is 0.443. The number of hydrogen-bond donors (Lipinski definition) is 4. The summed E-state index contributed by atoms with van der Waals surface area (Å²) in [6.07, 6.45) is 6.72. The first-order valence-corrected chi connectivity index (χ1v) is 26.2. The summed E-state index contributed by atoms with van der Waals surface area (Å²) in [5.74, 6) is 0.586. The average molecular weight is 1000 g/mol. The molecule has 5 aromatic carbocycles. The second-order valence-corrected chi connectivity index (χ2v) is 28.7. The first kappa shape index (κ1) is 58.9. The van der Waals surface area contributed by atoms with E-state index in [1.54, 1.807) is 24.9 Å². The van der Waals surface area contributed by atoms with Crippen molar-refractivity contribution in [1.82, 2.24) is 0 Å². The van der Waals surface area contributed by atoms with E-state index in [4.69, 9.17) is 20.0 Å². The molecule has 4 N–H and O–H groups in total. The number of rotatable bonds is 8. The lowest BCUT2D eigenvalue weighted by Crippen LogP contribution is -2.17. The highest BCUT2D eigenvalue weighted by atomic mass is 16.3. The van der Waals surface area contributed by atoms with Crippen molar-refractivity contribution in [1.29, 1.82) is 0 Å². The lowest BCUT2D eigenvalue weighted by atomic mass is 9.79. The van der Waals surface area contributed by atoms with Gasteiger partial charge in [0, 0.05) is 69.4 Å². The molecule has 74 heavy (non-hydrogen) atoms. The molecule has 0 atom stereocenters. The van der Waals surface area contributed by atoms with E-state index in [9.17, 15) is 20.4 Å². The van der Waals surface area contributed by atoms with Crippen molar-refractivity contribution in [2.75, 3.05) is 0 Å². The summed E-state index contributed by atoms with van der Waals surface area (Å²) in [4.78, 5) is 20.5. The predicted molar refractivity (Wildman–Crippen MR) is 317 cm³/mol. The maximum absolute atomic E-state index is 11.9. The molecule has 0 spiro atoms. The number of aliphatic imine (C=N–C) groups is 4. The molecule has 0 bridgehead atoms. The fourth-order valence-corrected chi connectivity index (χ4v) is 8.56. The molecule has 0 aliphatic rings. The Balaban J connectivity index is 1.95. The fraction of sp³-hybridized carbons (Fsp3) is 0.485. The zero-order chi connectivity index (χ0) is 56.3. The Hall–Kier alpha value is -6.02. The quantitative estimate of drug-likeness (QED) is 0.115. The van der Waals surface area contributed by atoms with Gasteiger partial charge in [0.25, 0.3) is 0 Å². The van der Waals surface area contributed by atoms with Gasteiger partial charge in [-0.05, 0) is 102 Å². The number of hydrogen-bond acceptors (Lipinski definition) is 8. The van der Waals surface area contributed by atoms with Crippen molar-refractivity contribution in [3.63, 3.8) is 0 Å². The Morgan fingerprint density at radius 2 is 0.405 bits per heavy atom. The summed E-state index contributed by atoms with van der Waals surface area (Å²) in [6.45, 7) is 50.9. The van der Waals surface area contributed by atoms with Crippen LogP contribution < -0.4 is 0 Å². The first-order valence-electron chi connectivity index (χ1n) is 26.2. The molecule has 8 nitrogen and oxygen atoms in total. The Labute approximate surface area is 446 Å². The molecule has 0 aliphatic heterocycles. The number of phenols is 4. The summed E-state index contributed by atoms with van der Waals surface area (Å²) in [6, 6.07) is 19.9. The maximum atomic E-state index is 11.9. The second-order valence-electron chi connectivity index (χ2n) is 28.7. The second kappa shape index (κ2) is 20.3. The molecule has 398 valence electrons. The zero-order valence-electron chi connectivity index (χ0n) is 49.7. The van der Waals surface area contributed by atoms with E-state index >= 15 is 0 Å². The van der Waals surface area contributed by atoms with Crippen LogP contribution in [0.1, 0.15) is 233 Å². The molecule has 5 rings (SSSR count). The predicted octanol–water partition coefficient (Wildman–Crippen LogP) is 17.9. The minimum absolute atomic E-state index is 0.146. The van der Waals surface area contributed by atoms with E-state index < -0.39 is 0 Å². The summed E-state index contributed by atoms with van der Waals surface area (Å²) >= 11 is 0. The van der Waals surface area contributed by atoms with Crippen LogP contribution in [0.2, 0.25) is 0 Å². The molecule has 5 aromatic rings. The molecule has 0 unspecified atom stereocenters. The van der Waals surface area contributed by atoms with Crippen LogP contribution in [0.15, 0.2) is 80.6 Å². The van der Waals surface area contributed by atoms with Crippen LogP contribution in [0.5, 0.6) is 23.0 Å². The van der Waals surface area contributed by atoms with Crippen molar-refractivity contribution >= 4 is 47.6 Å². The van der Waals surface area contributed by atoms with Crippen molar-refractivity contribution in [3.05, 3.63) is 127 Å². The van der Waals surface area contributed by atoms with Gasteiger partial charge in [-0.1, -0.05) is 190 Å². The minimum atomic E-state index is -0.363. The zero-order valence-corrected chi connectivity index (χ0v) is 49.7. The van der Waals surface area contributed by atoms with E-state index in [1.165, 1.54) is 0 Å². The molecule has 0 amide bonds. The van der Waals surface area contributed by atoms with E-state index in [-0.39, 0.29) is 66.3 Å². The first-order chi connectivity index (χ1) is 33.4. The molecule has 0 heterocycles. The van der Waals surface area contributed by atoms with Gasteiger partial charge in [-0.25, -0.2) is 0 Å². The van der Waals surface area contributed by atoms with Gasteiger partial charge in [0.1, 0.15) is 23.0 Å². The highest BCUT2D eigenvalue weighted by molar-refractivity contribution is 5.96. The Morgan fingerprint density at radius 1 is 0.243 bits per heavy atom.